The maximum absolute atomic E-state index is 12.6. The van der Waals surface area contributed by atoms with Crippen LogP contribution in [0.15, 0.2) is 29.5 Å². The molecule has 35 heavy (non-hydrogen) atoms. The molecule has 0 spiro atoms. The van der Waals surface area contributed by atoms with Crippen LogP contribution in [0.2, 0.25) is 0 Å². The topological polar surface area (TPSA) is 133 Å². The van der Waals surface area contributed by atoms with Gasteiger partial charge in [0.25, 0.3) is 6.43 Å². The second kappa shape index (κ2) is 9.93. The molecule has 0 radical (unpaired) electrons. The number of likely N-dealkylation sites (tertiary alicyclic amines) is 1. The van der Waals surface area contributed by atoms with Crippen molar-refractivity contribution in [2.45, 2.75) is 31.5 Å². The van der Waals surface area contributed by atoms with Gasteiger partial charge in [-0.25, -0.2) is 23.8 Å². The first-order valence-electron chi connectivity index (χ1n) is 10.7. The molecular formula is C20H23F5N10. The van der Waals surface area contributed by atoms with E-state index in [1.54, 1.807) is 18.3 Å². The lowest BCUT2D eigenvalue weighted by molar-refractivity contribution is -0.147. The van der Waals surface area contributed by atoms with Crippen LogP contribution in [-0.2, 0) is 0 Å². The van der Waals surface area contributed by atoms with Gasteiger partial charge < -0.3 is 16.4 Å². The Hall–Kier alpha value is -3.62. The van der Waals surface area contributed by atoms with Crippen molar-refractivity contribution < 1.29 is 22.0 Å². The third-order valence-electron chi connectivity index (χ3n) is 5.56. The highest BCUT2D eigenvalue weighted by Crippen LogP contribution is 2.32. The highest BCUT2D eigenvalue weighted by Gasteiger charge is 2.32. The van der Waals surface area contributed by atoms with Crippen molar-refractivity contribution in [2.75, 3.05) is 42.5 Å². The zero-order valence-electron chi connectivity index (χ0n) is 18.4. The molecule has 15 heteroatoms. The summed E-state index contributed by atoms with van der Waals surface area (Å²) in [6, 6.07) is 4.65. The number of piperidine rings is 1. The van der Waals surface area contributed by atoms with Crippen LogP contribution in [0.25, 0.3) is 16.8 Å². The van der Waals surface area contributed by atoms with E-state index in [0.717, 1.165) is 0 Å². The normalized spacial score (nSPS) is 15.6. The predicted molar refractivity (Wildman–Crippen MR) is 119 cm³/mol. The molecule has 5 N–H and O–H groups in total. The third-order valence-corrected chi connectivity index (χ3v) is 5.56. The van der Waals surface area contributed by atoms with Crippen LogP contribution in [0.5, 0.6) is 0 Å². The lowest BCUT2D eigenvalue weighted by atomic mass is 10.1. The predicted octanol–water partition coefficient (Wildman–Crippen LogP) is 4.15. The summed E-state index contributed by atoms with van der Waals surface area (Å²) in [5.41, 5.74) is 14.9. The number of rotatable bonds is 8. The molecule has 4 heterocycles. The second-order valence-corrected chi connectivity index (χ2v) is 8.10. The Labute approximate surface area is 196 Å². The van der Waals surface area contributed by atoms with Gasteiger partial charge in [-0.1, -0.05) is 0 Å². The molecule has 3 aromatic heterocycles. The van der Waals surface area contributed by atoms with Gasteiger partial charge in [0.1, 0.15) is 11.2 Å². The van der Waals surface area contributed by atoms with E-state index in [1.165, 1.54) is 15.5 Å². The van der Waals surface area contributed by atoms with Gasteiger partial charge in [-0.3, -0.25) is 4.90 Å². The average molecular weight is 498 g/mol. The summed E-state index contributed by atoms with van der Waals surface area (Å²) in [7, 11) is 0. The molecule has 1 aliphatic heterocycles. The monoisotopic (exact) mass is 498 g/mol. The fourth-order valence-electron chi connectivity index (χ4n) is 3.99. The van der Waals surface area contributed by atoms with E-state index in [2.05, 4.69) is 30.8 Å². The number of anilines is 3. The number of nitrogens with two attached hydrogens (primary N) is 1. The van der Waals surface area contributed by atoms with Gasteiger partial charge in [0.05, 0.1) is 18.8 Å². The molecule has 0 aromatic carbocycles. The molecule has 1 saturated heterocycles. The van der Waals surface area contributed by atoms with Gasteiger partial charge in [0, 0.05) is 30.9 Å². The van der Waals surface area contributed by atoms with Gasteiger partial charge in [0.15, 0.2) is 11.6 Å². The van der Waals surface area contributed by atoms with Crippen molar-refractivity contribution in [3.63, 3.8) is 0 Å². The minimum Gasteiger partial charge on any atom is -0.382 e. The summed E-state index contributed by atoms with van der Waals surface area (Å²) in [5, 5.41) is 13.3. The Kier molecular flexibility index (Phi) is 6.95. The maximum Gasteiger partial charge on any atom is 0.401 e. The Morgan fingerprint density at radius 1 is 1.17 bits per heavy atom. The Bertz CT molecular complexity index is 1190. The average Bonchev–Trinajstić information content (AvgIpc) is 3.22. The van der Waals surface area contributed by atoms with Gasteiger partial charge >= 0.3 is 6.18 Å². The van der Waals surface area contributed by atoms with Crippen LogP contribution < -0.4 is 16.4 Å². The molecular weight excluding hydrogens is 475 g/mol. The first-order valence-corrected chi connectivity index (χ1v) is 10.7. The van der Waals surface area contributed by atoms with Crippen molar-refractivity contribution in [3.8, 4) is 11.3 Å². The van der Waals surface area contributed by atoms with Gasteiger partial charge in [-0.2, -0.15) is 23.3 Å². The molecule has 0 unspecified atom stereocenters. The minimum atomic E-state index is -4.22. The molecule has 0 aliphatic carbocycles. The standard InChI is InChI=1S/C20H23F5N10/c21-15(22)9-28-18-14(32-27)2-1-13(30-18)12-5-8-35-16(12)17(26)31-19(33-35)29-11-3-6-34(7-4-11)10-20(23,24)25/h1-2,5,8,11,15,27H,3-4,6-7,9-10H2,(H,28,30)(H3,26,29,31,33). The second-order valence-electron chi connectivity index (χ2n) is 8.10. The Morgan fingerprint density at radius 2 is 1.91 bits per heavy atom. The van der Waals surface area contributed by atoms with Crippen molar-refractivity contribution >= 4 is 28.8 Å². The molecule has 0 saturated carbocycles. The summed E-state index contributed by atoms with van der Waals surface area (Å²) in [6.45, 7) is -0.968. The fraction of sp³-hybridized carbons (Fsp3) is 0.450. The largest absolute Gasteiger partial charge is 0.401 e. The SMILES string of the molecule is N=Nc1ccc(-c2ccn3nc(NC4CCN(CC(F)(F)F)CC4)nc(N)c23)nc1NCC(F)F. The van der Waals surface area contributed by atoms with E-state index < -0.39 is 25.7 Å². The lowest BCUT2D eigenvalue weighted by Crippen LogP contribution is -2.43. The maximum atomic E-state index is 12.6. The van der Waals surface area contributed by atoms with Crippen LogP contribution in [0.3, 0.4) is 0 Å². The zero-order chi connectivity index (χ0) is 25.2. The van der Waals surface area contributed by atoms with Crippen molar-refractivity contribution in [2.24, 2.45) is 5.11 Å². The van der Waals surface area contributed by atoms with Gasteiger partial charge in [0.2, 0.25) is 5.95 Å². The van der Waals surface area contributed by atoms with E-state index >= 15 is 0 Å². The van der Waals surface area contributed by atoms with E-state index in [1.807, 2.05) is 0 Å². The van der Waals surface area contributed by atoms with E-state index in [9.17, 15) is 22.0 Å². The summed E-state index contributed by atoms with van der Waals surface area (Å²) in [5.74, 6) is 0.406. The van der Waals surface area contributed by atoms with Crippen LogP contribution in [0.4, 0.5) is 45.2 Å². The van der Waals surface area contributed by atoms with Crippen molar-refractivity contribution in [1.82, 2.24) is 24.5 Å². The van der Waals surface area contributed by atoms with E-state index in [0.29, 0.717) is 42.7 Å². The number of hydrogen-bond acceptors (Lipinski definition) is 9. The van der Waals surface area contributed by atoms with E-state index in [-0.39, 0.29) is 29.3 Å². The molecule has 188 valence electrons. The highest BCUT2D eigenvalue weighted by molar-refractivity contribution is 5.87. The van der Waals surface area contributed by atoms with Crippen LogP contribution >= 0.6 is 0 Å². The first-order chi connectivity index (χ1) is 16.6. The molecule has 0 atom stereocenters. The number of nitrogen functional groups attached to an aromatic ring is 1. The first kappa shape index (κ1) is 24.5. The molecule has 1 fully saturated rings. The summed E-state index contributed by atoms with van der Waals surface area (Å²) in [4.78, 5) is 9.98. The molecule has 1 aliphatic rings. The van der Waals surface area contributed by atoms with E-state index in [4.69, 9.17) is 11.3 Å². The number of aromatic nitrogens is 4. The Morgan fingerprint density at radius 3 is 2.57 bits per heavy atom. The molecule has 4 rings (SSSR count). The number of alkyl halides is 5. The zero-order valence-corrected chi connectivity index (χ0v) is 18.4. The molecule has 3 aromatic rings. The van der Waals surface area contributed by atoms with Gasteiger partial charge in [-0.15, -0.1) is 5.10 Å². The van der Waals surface area contributed by atoms with Crippen molar-refractivity contribution in [1.29, 1.82) is 5.53 Å². The minimum absolute atomic E-state index is 0.0341. The van der Waals surface area contributed by atoms with Crippen LogP contribution in [0, 0.1) is 5.53 Å². The summed E-state index contributed by atoms with van der Waals surface area (Å²) < 4.78 is 64.5. The summed E-state index contributed by atoms with van der Waals surface area (Å²) >= 11 is 0. The van der Waals surface area contributed by atoms with Crippen LogP contribution in [0.1, 0.15) is 12.8 Å². The van der Waals surface area contributed by atoms with Gasteiger partial charge in [-0.05, 0) is 31.0 Å². The number of nitrogens with zero attached hydrogens (tertiary/aromatic N) is 6. The number of pyridine rings is 1. The number of nitrogens with one attached hydrogen (secondary N) is 3. The number of fused-ring (bicyclic) bond motifs is 1. The van der Waals surface area contributed by atoms with Crippen molar-refractivity contribution in [3.05, 3.63) is 24.4 Å². The lowest BCUT2D eigenvalue weighted by Gasteiger charge is -2.32. The smallest absolute Gasteiger partial charge is 0.382 e. The molecule has 0 amide bonds. The summed E-state index contributed by atoms with van der Waals surface area (Å²) in [6.07, 6.45) is -4.20. The number of halogens is 5. The molecule has 0 bridgehead atoms. The van der Waals surface area contributed by atoms with Crippen LogP contribution in [-0.4, -0.2) is 69.3 Å². The Balaban J connectivity index is 1.52. The fourth-order valence-corrected chi connectivity index (χ4v) is 3.99. The molecule has 10 nitrogen and oxygen atoms in total. The highest BCUT2D eigenvalue weighted by atomic mass is 19.4. The number of hydrogen-bond donors (Lipinski definition) is 4. The third kappa shape index (κ3) is 5.90. The quantitative estimate of drug-likeness (QED) is 0.271.